The Morgan fingerprint density at radius 2 is 1.30 bits per heavy atom. The van der Waals surface area contributed by atoms with Crippen molar-refractivity contribution in [2.75, 3.05) is 36.1 Å². The third-order valence-corrected chi connectivity index (χ3v) is 7.82. The first-order valence-corrected chi connectivity index (χ1v) is 13.3. The van der Waals surface area contributed by atoms with Crippen molar-refractivity contribution in [1.29, 1.82) is 0 Å². The molecule has 14 heteroatoms. The van der Waals surface area contributed by atoms with Crippen LogP contribution in [0.3, 0.4) is 0 Å². The van der Waals surface area contributed by atoms with Gasteiger partial charge in [-0.3, -0.25) is 9.80 Å². The summed E-state index contributed by atoms with van der Waals surface area (Å²) in [6, 6.07) is 8.78. The number of nitrogens with zero attached hydrogens (tertiary/aromatic N) is 2. The quantitative estimate of drug-likeness (QED) is 0.485. The van der Waals surface area contributed by atoms with E-state index in [-0.39, 0.29) is 31.8 Å². The highest BCUT2D eigenvalue weighted by molar-refractivity contribution is 9.10. The number of halogens is 3. The van der Waals surface area contributed by atoms with E-state index in [9.17, 15) is 18.4 Å². The van der Waals surface area contributed by atoms with E-state index in [0.717, 1.165) is 0 Å². The number of amides is 2. The first-order valence-electron chi connectivity index (χ1n) is 12.5. The standard InChI is InChI=1S/C16H21BFNO5.C10H9BrFNO3/c1-15(2)16(3,4)24-17(23-15)12-6-5-10(7-13(12)18)19-8-11(9-20)22-14(19)21;11-8-2-1-6(3-9(8)12)13-4-7(5-14)16-10(13)15/h5-7,11,20H,8-9H2,1-4H3;1-3,7,14H,4-5H2/t11-;7-/m11/s1. The Labute approximate surface area is 239 Å². The predicted molar refractivity (Wildman–Crippen MR) is 146 cm³/mol. The Bertz CT molecular complexity index is 1270. The number of anilines is 2. The Kier molecular flexibility index (Phi) is 8.76. The Balaban J connectivity index is 0.000000201. The van der Waals surface area contributed by atoms with Crippen LogP contribution >= 0.6 is 15.9 Å². The van der Waals surface area contributed by atoms with Gasteiger partial charge in [-0.1, -0.05) is 6.07 Å². The maximum Gasteiger partial charge on any atom is 0.497 e. The minimum atomic E-state index is -0.806. The van der Waals surface area contributed by atoms with Gasteiger partial charge >= 0.3 is 19.3 Å². The third-order valence-electron chi connectivity index (χ3n) is 7.17. The van der Waals surface area contributed by atoms with Gasteiger partial charge in [-0.2, -0.15) is 0 Å². The number of carbonyl (C=O) groups is 2. The van der Waals surface area contributed by atoms with Crippen LogP contribution in [0.15, 0.2) is 40.9 Å². The van der Waals surface area contributed by atoms with Crippen LogP contribution in [0.5, 0.6) is 0 Å². The van der Waals surface area contributed by atoms with E-state index in [4.69, 9.17) is 29.0 Å². The molecule has 10 nitrogen and oxygen atoms in total. The molecule has 2 N–H and O–H groups in total. The highest BCUT2D eigenvalue weighted by Gasteiger charge is 2.52. The summed E-state index contributed by atoms with van der Waals surface area (Å²) in [6.45, 7) is 7.51. The van der Waals surface area contributed by atoms with Crippen LogP contribution in [-0.2, 0) is 18.8 Å². The summed E-state index contributed by atoms with van der Waals surface area (Å²) in [6.07, 6.45) is -2.31. The molecular formula is C26H30BBrF2N2O8. The average Bonchev–Trinajstić information content (AvgIpc) is 3.53. The normalized spacial score (nSPS) is 23.2. The van der Waals surface area contributed by atoms with Gasteiger partial charge < -0.3 is 29.0 Å². The number of benzene rings is 2. The molecule has 2 amide bonds. The van der Waals surface area contributed by atoms with Crippen molar-refractivity contribution in [3.8, 4) is 0 Å². The van der Waals surface area contributed by atoms with Gasteiger partial charge in [0.2, 0.25) is 0 Å². The molecule has 2 aromatic carbocycles. The summed E-state index contributed by atoms with van der Waals surface area (Å²) in [5.74, 6) is -0.969. The molecule has 0 radical (unpaired) electrons. The van der Waals surface area contributed by atoms with Crippen LogP contribution in [0.4, 0.5) is 29.7 Å². The van der Waals surface area contributed by atoms with Crippen LogP contribution in [0.2, 0.25) is 0 Å². The maximum absolute atomic E-state index is 14.6. The number of cyclic esters (lactones) is 2. The molecule has 3 aliphatic heterocycles. The van der Waals surface area contributed by atoms with Crippen molar-refractivity contribution in [3.63, 3.8) is 0 Å². The van der Waals surface area contributed by atoms with Gasteiger partial charge in [0.25, 0.3) is 0 Å². The first-order chi connectivity index (χ1) is 18.8. The fourth-order valence-electron chi connectivity index (χ4n) is 4.15. The van der Waals surface area contributed by atoms with Crippen molar-refractivity contribution >= 4 is 52.1 Å². The van der Waals surface area contributed by atoms with Gasteiger partial charge in [0.05, 0.1) is 53.4 Å². The number of carbonyl (C=O) groups excluding carboxylic acids is 2. The van der Waals surface area contributed by atoms with Crippen LogP contribution in [-0.4, -0.2) is 79.2 Å². The minimum Gasteiger partial charge on any atom is -0.441 e. The second kappa shape index (κ2) is 11.6. The van der Waals surface area contributed by atoms with E-state index in [1.54, 1.807) is 18.2 Å². The zero-order valence-electron chi connectivity index (χ0n) is 22.4. The molecular weight excluding hydrogens is 597 g/mol. The number of hydrogen-bond donors (Lipinski definition) is 2. The molecule has 2 atom stereocenters. The molecule has 3 saturated heterocycles. The monoisotopic (exact) mass is 626 g/mol. The molecule has 5 rings (SSSR count). The van der Waals surface area contributed by atoms with Gasteiger partial charge in [-0.05, 0) is 74.0 Å². The van der Waals surface area contributed by atoms with E-state index in [1.807, 2.05) is 27.7 Å². The van der Waals surface area contributed by atoms with Crippen LogP contribution < -0.4 is 15.3 Å². The number of aliphatic hydroxyl groups is 2. The molecule has 216 valence electrons. The molecule has 3 aliphatic rings. The number of aliphatic hydroxyl groups excluding tert-OH is 2. The van der Waals surface area contributed by atoms with Gasteiger partial charge in [-0.15, -0.1) is 0 Å². The topological polar surface area (TPSA) is 118 Å². The summed E-state index contributed by atoms with van der Waals surface area (Å²) < 4.78 is 49.7. The highest BCUT2D eigenvalue weighted by atomic mass is 79.9. The zero-order chi connectivity index (χ0) is 29.4. The Morgan fingerprint density at radius 3 is 1.70 bits per heavy atom. The molecule has 0 spiro atoms. The molecule has 0 saturated carbocycles. The fraction of sp³-hybridized carbons (Fsp3) is 0.462. The fourth-order valence-corrected chi connectivity index (χ4v) is 4.40. The summed E-state index contributed by atoms with van der Waals surface area (Å²) in [5, 5.41) is 17.9. The molecule has 0 unspecified atom stereocenters. The Morgan fingerprint density at radius 1 is 0.850 bits per heavy atom. The SMILES string of the molecule is CC1(C)OB(c2ccc(N3C[C@H](CO)OC3=O)cc2F)OC1(C)C.O=C1O[C@@H](CO)CN1c1ccc(Br)c(F)c1. The summed E-state index contributed by atoms with van der Waals surface area (Å²) in [4.78, 5) is 25.8. The second-order valence-corrected chi connectivity index (χ2v) is 11.3. The van der Waals surface area contributed by atoms with Gasteiger partial charge in [-0.25, -0.2) is 18.4 Å². The lowest BCUT2D eigenvalue weighted by molar-refractivity contribution is 0.00578. The summed E-state index contributed by atoms with van der Waals surface area (Å²) in [5.41, 5.74) is -0.0507. The zero-order valence-corrected chi connectivity index (χ0v) is 24.0. The molecule has 3 fully saturated rings. The lowest BCUT2D eigenvalue weighted by Gasteiger charge is -2.32. The number of hydrogen-bond acceptors (Lipinski definition) is 8. The first kappa shape index (κ1) is 30.2. The summed E-state index contributed by atoms with van der Waals surface area (Å²) in [7, 11) is -0.806. The predicted octanol–water partition coefficient (Wildman–Crippen LogP) is 3.35. The minimum absolute atomic E-state index is 0.185. The highest BCUT2D eigenvalue weighted by Crippen LogP contribution is 2.37. The lowest BCUT2D eigenvalue weighted by Crippen LogP contribution is -2.41. The van der Waals surface area contributed by atoms with Crippen LogP contribution in [0.25, 0.3) is 0 Å². The molecule has 2 aromatic rings. The lowest BCUT2D eigenvalue weighted by atomic mass is 9.78. The number of rotatable bonds is 5. The van der Waals surface area contributed by atoms with Crippen LogP contribution in [0, 0.1) is 11.6 Å². The molecule has 3 heterocycles. The van der Waals surface area contributed by atoms with E-state index >= 15 is 0 Å². The summed E-state index contributed by atoms with van der Waals surface area (Å²) >= 11 is 3.03. The molecule has 0 aliphatic carbocycles. The van der Waals surface area contributed by atoms with E-state index < -0.39 is 54.3 Å². The van der Waals surface area contributed by atoms with Gasteiger partial charge in [0.1, 0.15) is 23.8 Å². The van der Waals surface area contributed by atoms with E-state index in [0.29, 0.717) is 15.8 Å². The largest absolute Gasteiger partial charge is 0.497 e. The molecule has 0 aromatic heterocycles. The van der Waals surface area contributed by atoms with E-state index in [2.05, 4.69) is 15.9 Å². The Hall–Kier alpha value is -2.78. The van der Waals surface area contributed by atoms with Crippen molar-refractivity contribution in [2.45, 2.75) is 51.1 Å². The van der Waals surface area contributed by atoms with Crippen molar-refractivity contribution in [3.05, 3.63) is 52.5 Å². The third kappa shape index (κ3) is 6.10. The van der Waals surface area contributed by atoms with Gasteiger partial charge in [0.15, 0.2) is 0 Å². The van der Waals surface area contributed by atoms with Crippen molar-refractivity contribution in [2.24, 2.45) is 0 Å². The maximum atomic E-state index is 14.6. The average molecular weight is 627 g/mol. The smallest absolute Gasteiger partial charge is 0.441 e. The van der Waals surface area contributed by atoms with E-state index in [1.165, 1.54) is 28.0 Å². The van der Waals surface area contributed by atoms with Gasteiger partial charge in [0, 0.05) is 5.46 Å². The van der Waals surface area contributed by atoms with Crippen LogP contribution in [0.1, 0.15) is 27.7 Å². The molecule has 40 heavy (non-hydrogen) atoms. The molecule has 0 bridgehead atoms. The number of ether oxygens (including phenoxy) is 2. The van der Waals surface area contributed by atoms with Crippen molar-refractivity contribution in [1.82, 2.24) is 0 Å². The second-order valence-electron chi connectivity index (χ2n) is 10.5. The van der Waals surface area contributed by atoms with Crippen molar-refractivity contribution < 1.29 is 47.4 Å².